The zero-order valence-corrected chi connectivity index (χ0v) is 18.9. The van der Waals surface area contributed by atoms with Crippen LogP contribution in [0.4, 0.5) is 0 Å². The predicted octanol–water partition coefficient (Wildman–Crippen LogP) is 2.39. The Kier molecular flexibility index (Phi) is 7.49. The van der Waals surface area contributed by atoms with Gasteiger partial charge in [-0.1, -0.05) is 40.2 Å². The monoisotopic (exact) mass is 514 g/mol. The molecule has 2 aliphatic heterocycles. The topological polar surface area (TPSA) is 129 Å². The SMILES string of the molecule is O=C(CBr)CCN1C(=O)c2ccccc2C1=O.O=C(O)CCN1C(=O)c2ccccc2C1=O. The molecule has 0 fully saturated rings. The van der Waals surface area contributed by atoms with Gasteiger partial charge in [0, 0.05) is 19.5 Å². The van der Waals surface area contributed by atoms with E-state index in [0.717, 1.165) is 9.80 Å². The van der Waals surface area contributed by atoms with E-state index >= 15 is 0 Å². The van der Waals surface area contributed by atoms with Crippen molar-refractivity contribution < 1.29 is 33.9 Å². The highest BCUT2D eigenvalue weighted by molar-refractivity contribution is 9.09. The summed E-state index contributed by atoms with van der Waals surface area (Å²) in [5, 5.41) is 8.76. The largest absolute Gasteiger partial charge is 0.481 e. The molecular weight excluding hydrogens is 496 g/mol. The van der Waals surface area contributed by atoms with Crippen LogP contribution in [-0.2, 0) is 9.59 Å². The van der Waals surface area contributed by atoms with Crippen LogP contribution in [0.25, 0.3) is 0 Å². The second-order valence-electron chi connectivity index (χ2n) is 7.18. The van der Waals surface area contributed by atoms with Gasteiger partial charge in [-0.25, -0.2) is 0 Å². The third kappa shape index (κ3) is 5.06. The van der Waals surface area contributed by atoms with E-state index in [-0.39, 0.29) is 48.9 Å². The van der Waals surface area contributed by atoms with Crippen molar-refractivity contribution in [1.29, 1.82) is 0 Å². The first-order valence-corrected chi connectivity index (χ1v) is 11.1. The Labute approximate surface area is 197 Å². The number of carboxylic acids is 1. The van der Waals surface area contributed by atoms with E-state index in [1.54, 1.807) is 48.5 Å². The summed E-state index contributed by atoms with van der Waals surface area (Å²) < 4.78 is 0. The molecule has 0 radical (unpaired) electrons. The van der Waals surface area contributed by atoms with Gasteiger partial charge in [0.15, 0.2) is 0 Å². The van der Waals surface area contributed by atoms with Gasteiger partial charge in [0.1, 0.15) is 5.78 Å². The number of alkyl halides is 1. The number of carbonyl (C=O) groups is 6. The summed E-state index contributed by atoms with van der Waals surface area (Å²) in [7, 11) is 0. The third-order valence-electron chi connectivity index (χ3n) is 5.07. The number of ketones is 1. The quantitative estimate of drug-likeness (QED) is 0.443. The van der Waals surface area contributed by atoms with Gasteiger partial charge < -0.3 is 5.11 Å². The van der Waals surface area contributed by atoms with Gasteiger partial charge in [-0.15, -0.1) is 0 Å². The van der Waals surface area contributed by atoms with Gasteiger partial charge in [0.05, 0.1) is 34.0 Å². The molecule has 1 N–H and O–H groups in total. The summed E-state index contributed by atoms with van der Waals surface area (Å²) in [4.78, 5) is 70.9. The number of halogens is 1. The fourth-order valence-electron chi connectivity index (χ4n) is 3.40. The highest BCUT2D eigenvalue weighted by atomic mass is 79.9. The Morgan fingerprint density at radius 3 is 1.30 bits per heavy atom. The Morgan fingerprint density at radius 1 is 0.667 bits per heavy atom. The maximum absolute atomic E-state index is 11.9. The van der Waals surface area contributed by atoms with E-state index in [2.05, 4.69) is 15.9 Å². The van der Waals surface area contributed by atoms with Gasteiger partial charge in [-0.2, -0.15) is 0 Å². The number of hydrogen-bond donors (Lipinski definition) is 1. The maximum Gasteiger partial charge on any atom is 0.305 e. The first-order valence-electron chi connectivity index (χ1n) is 9.96. The Morgan fingerprint density at radius 2 is 1.00 bits per heavy atom. The van der Waals surface area contributed by atoms with Crippen molar-refractivity contribution in [3.8, 4) is 0 Å². The number of aliphatic carboxylic acids is 1. The van der Waals surface area contributed by atoms with Crippen LogP contribution in [-0.4, -0.2) is 68.7 Å². The number of nitrogens with zero attached hydrogens (tertiary/aromatic N) is 2. The van der Waals surface area contributed by atoms with Crippen molar-refractivity contribution in [1.82, 2.24) is 9.80 Å². The lowest BCUT2D eigenvalue weighted by Gasteiger charge is -2.12. The lowest BCUT2D eigenvalue weighted by atomic mass is 10.1. The molecular formula is C23H19BrN2O7. The van der Waals surface area contributed by atoms with Crippen molar-refractivity contribution >= 4 is 51.3 Å². The number of carbonyl (C=O) groups excluding carboxylic acids is 5. The standard InChI is InChI=1S/C12H10BrNO3.C11H9NO4/c13-7-8(15)5-6-14-11(16)9-3-1-2-4-10(9)12(14)17;13-9(14)5-6-12-10(15)7-3-1-2-4-8(7)11(12)16/h1-4H,5-7H2;1-4H,5-6H2,(H,13,14). The number of amides is 4. The van der Waals surface area contributed by atoms with Gasteiger partial charge >= 0.3 is 5.97 Å². The molecule has 4 amide bonds. The second kappa shape index (κ2) is 10.3. The molecule has 2 aromatic carbocycles. The third-order valence-corrected chi connectivity index (χ3v) is 5.69. The van der Waals surface area contributed by atoms with E-state index in [0.29, 0.717) is 22.3 Å². The molecule has 2 heterocycles. The van der Waals surface area contributed by atoms with Crippen molar-refractivity contribution in [2.24, 2.45) is 0 Å². The molecule has 0 aliphatic carbocycles. The second-order valence-corrected chi connectivity index (χ2v) is 7.74. The fourth-order valence-corrected chi connectivity index (χ4v) is 3.68. The zero-order chi connectivity index (χ0) is 24.1. The summed E-state index contributed by atoms with van der Waals surface area (Å²) >= 11 is 3.04. The highest BCUT2D eigenvalue weighted by Crippen LogP contribution is 2.23. The molecule has 170 valence electrons. The lowest BCUT2D eigenvalue weighted by Crippen LogP contribution is -2.32. The van der Waals surface area contributed by atoms with Gasteiger partial charge in [-0.05, 0) is 24.3 Å². The fraction of sp³-hybridized carbons (Fsp3) is 0.217. The van der Waals surface area contributed by atoms with Gasteiger partial charge in [0.2, 0.25) is 0 Å². The van der Waals surface area contributed by atoms with E-state index in [4.69, 9.17) is 5.11 Å². The van der Waals surface area contributed by atoms with E-state index < -0.39 is 17.8 Å². The van der Waals surface area contributed by atoms with Crippen LogP contribution in [0, 0.1) is 0 Å². The maximum atomic E-state index is 11.9. The van der Waals surface area contributed by atoms with Crippen LogP contribution in [0.5, 0.6) is 0 Å². The van der Waals surface area contributed by atoms with Crippen molar-refractivity contribution in [2.45, 2.75) is 12.8 Å². The normalized spacial score (nSPS) is 14.1. The first-order chi connectivity index (χ1) is 15.8. The van der Waals surface area contributed by atoms with Gasteiger partial charge in [-0.3, -0.25) is 38.6 Å². The van der Waals surface area contributed by atoms with E-state index in [1.165, 1.54) is 0 Å². The highest BCUT2D eigenvalue weighted by Gasteiger charge is 2.35. The van der Waals surface area contributed by atoms with Crippen LogP contribution in [0.3, 0.4) is 0 Å². The molecule has 0 aromatic heterocycles. The summed E-state index contributed by atoms with van der Waals surface area (Å²) in [6.07, 6.45) is -0.0395. The Hall–Kier alpha value is -3.66. The average molecular weight is 515 g/mol. The van der Waals surface area contributed by atoms with Crippen LogP contribution >= 0.6 is 15.9 Å². The molecule has 0 saturated carbocycles. The van der Waals surface area contributed by atoms with Crippen molar-refractivity contribution in [3.05, 3.63) is 70.8 Å². The molecule has 33 heavy (non-hydrogen) atoms. The number of hydrogen-bond acceptors (Lipinski definition) is 6. The number of benzene rings is 2. The molecule has 2 aromatic rings. The van der Waals surface area contributed by atoms with Gasteiger partial charge in [0.25, 0.3) is 23.6 Å². The number of rotatable bonds is 7. The molecule has 10 heteroatoms. The number of imide groups is 2. The predicted molar refractivity (Wildman–Crippen MR) is 119 cm³/mol. The minimum absolute atomic E-state index is 0.0263. The number of carboxylic acid groups (broad SMARTS) is 1. The summed E-state index contributed by atoms with van der Waals surface area (Å²) in [6, 6.07) is 13.2. The molecule has 2 aliphatic rings. The van der Waals surface area contributed by atoms with Crippen LogP contribution < -0.4 is 0 Å². The van der Waals surface area contributed by atoms with Crippen LogP contribution in [0.1, 0.15) is 54.3 Å². The average Bonchev–Trinajstić information content (AvgIpc) is 3.21. The minimum atomic E-state index is -1.03. The molecule has 0 unspecified atom stereocenters. The molecule has 0 atom stereocenters. The number of Topliss-reactive ketones (excluding diaryl/α,β-unsaturated/α-hetero) is 1. The van der Waals surface area contributed by atoms with E-state index in [1.807, 2.05) is 0 Å². The zero-order valence-electron chi connectivity index (χ0n) is 17.3. The molecule has 9 nitrogen and oxygen atoms in total. The number of fused-ring (bicyclic) bond motifs is 2. The van der Waals surface area contributed by atoms with Crippen LogP contribution in [0.15, 0.2) is 48.5 Å². The summed E-state index contributed by atoms with van der Waals surface area (Å²) in [5.74, 6) is -2.51. The molecule has 0 spiro atoms. The van der Waals surface area contributed by atoms with Crippen LogP contribution in [0.2, 0.25) is 0 Å². The van der Waals surface area contributed by atoms with Crippen molar-refractivity contribution in [3.63, 3.8) is 0 Å². The summed E-state index contributed by atoms with van der Waals surface area (Å²) in [5.41, 5.74) is 1.53. The lowest BCUT2D eigenvalue weighted by molar-refractivity contribution is -0.137. The molecule has 0 bridgehead atoms. The van der Waals surface area contributed by atoms with E-state index in [9.17, 15) is 28.8 Å². The Balaban J connectivity index is 0.000000186. The molecule has 0 saturated heterocycles. The minimum Gasteiger partial charge on any atom is -0.481 e. The van der Waals surface area contributed by atoms with Crippen molar-refractivity contribution in [2.75, 3.05) is 18.4 Å². The summed E-state index contributed by atoms with van der Waals surface area (Å²) in [6.45, 7) is 0.0679. The Bertz CT molecular complexity index is 1090. The smallest absolute Gasteiger partial charge is 0.305 e. The molecule has 4 rings (SSSR count). The first kappa shape index (κ1) is 24.0.